The van der Waals surface area contributed by atoms with Gasteiger partial charge in [-0.2, -0.15) is 5.26 Å². The fourth-order valence-electron chi connectivity index (χ4n) is 2.87. The maximum absolute atomic E-state index is 12.5. The zero-order chi connectivity index (χ0) is 19.7. The number of nitrogens with zero attached hydrogens (tertiary/aromatic N) is 3. The Hall–Kier alpha value is -3.69. The molecule has 0 aliphatic heterocycles. The van der Waals surface area contributed by atoms with E-state index in [4.69, 9.17) is 16.9 Å². The summed E-state index contributed by atoms with van der Waals surface area (Å²) in [5.41, 5.74) is 4.17. The van der Waals surface area contributed by atoms with Crippen molar-refractivity contribution >= 4 is 34.2 Å². The van der Waals surface area contributed by atoms with Crippen LogP contribution in [-0.2, 0) is 0 Å². The van der Waals surface area contributed by atoms with Gasteiger partial charge in [-0.3, -0.25) is 4.79 Å². The third kappa shape index (κ3) is 3.31. The minimum Gasteiger partial charge on any atom is -0.338 e. The molecular formula is C21H14ClN5O. The van der Waals surface area contributed by atoms with E-state index in [1.165, 1.54) is 6.07 Å². The highest BCUT2D eigenvalue weighted by atomic mass is 35.5. The van der Waals surface area contributed by atoms with E-state index in [9.17, 15) is 4.79 Å². The van der Waals surface area contributed by atoms with Crippen LogP contribution in [0.3, 0.4) is 0 Å². The second-order valence-corrected chi connectivity index (χ2v) is 6.60. The molecule has 0 bridgehead atoms. The maximum Gasteiger partial charge on any atom is 0.274 e. The van der Waals surface area contributed by atoms with Crippen LogP contribution in [0.4, 0.5) is 5.69 Å². The van der Waals surface area contributed by atoms with Crippen molar-refractivity contribution in [2.45, 2.75) is 6.92 Å². The molecule has 0 saturated carbocycles. The molecule has 0 aliphatic carbocycles. The van der Waals surface area contributed by atoms with Gasteiger partial charge in [0.15, 0.2) is 0 Å². The summed E-state index contributed by atoms with van der Waals surface area (Å²) in [4.78, 5) is 24.4. The summed E-state index contributed by atoms with van der Waals surface area (Å²) in [6.45, 7) is 1.70. The molecule has 4 rings (SSSR count). The van der Waals surface area contributed by atoms with Crippen LogP contribution in [0.5, 0.6) is 0 Å². The summed E-state index contributed by atoms with van der Waals surface area (Å²) in [7, 11) is 0. The number of nitriles is 1. The molecule has 0 fully saturated rings. The lowest BCUT2D eigenvalue weighted by atomic mass is 10.2. The fraction of sp³-hybridized carbons (Fsp3) is 0.0476. The summed E-state index contributed by atoms with van der Waals surface area (Å²) >= 11 is 6.24. The van der Waals surface area contributed by atoms with Crippen LogP contribution in [0.2, 0.25) is 5.02 Å². The molecule has 0 radical (unpaired) electrons. The molecule has 0 atom stereocenters. The van der Waals surface area contributed by atoms with Crippen LogP contribution in [-0.4, -0.2) is 20.9 Å². The van der Waals surface area contributed by atoms with Gasteiger partial charge in [0, 0.05) is 11.3 Å². The molecule has 0 aliphatic rings. The first-order chi connectivity index (χ1) is 13.5. The van der Waals surface area contributed by atoms with E-state index in [0.717, 1.165) is 16.6 Å². The topological polar surface area (TPSA) is 94.5 Å². The number of pyridine rings is 1. The highest BCUT2D eigenvalue weighted by Gasteiger charge is 2.12. The smallest absolute Gasteiger partial charge is 0.274 e. The Balaban J connectivity index is 1.61. The third-order valence-electron chi connectivity index (χ3n) is 4.31. The van der Waals surface area contributed by atoms with Gasteiger partial charge >= 0.3 is 0 Å². The summed E-state index contributed by atoms with van der Waals surface area (Å²) in [6, 6.07) is 18.0. The van der Waals surface area contributed by atoms with E-state index in [2.05, 4.69) is 20.3 Å². The van der Waals surface area contributed by atoms with Crippen molar-refractivity contribution in [3.05, 3.63) is 76.6 Å². The molecule has 2 N–H and O–H groups in total. The van der Waals surface area contributed by atoms with Crippen molar-refractivity contribution in [3.8, 4) is 17.5 Å². The molecule has 0 saturated heterocycles. The molecule has 0 unspecified atom stereocenters. The first kappa shape index (κ1) is 17.7. The van der Waals surface area contributed by atoms with Gasteiger partial charge < -0.3 is 10.3 Å². The quantitative estimate of drug-likeness (QED) is 0.532. The number of hydrogen-bond donors (Lipinski definition) is 2. The molecule has 7 heteroatoms. The molecule has 2 aromatic carbocycles. The van der Waals surface area contributed by atoms with Gasteiger partial charge in [-0.15, -0.1) is 0 Å². The van der Waals surface area contributed by atoms with E-state index in [1.807, 2.05) is 36.4 Å². The zero-order valence-electron chi connectivity index (χ0n) is 14.8. The number of aryl methyl sites for hydroxylation is 1. The number of carbonyl (C=O) groups is 1. The van der Waals surface area contributed by atoms with Crippen molar-refractivity contribution in [1.82, 2.24) is 15.0 Å². The number of H-pyrrole nitrogens is 1. The average Bonchev–Trinajstić information content (AvgIpc) is 3.11. The number of nitrogens with one attached hydrogen (secondary N) is 2. The lowest BCUT2D eigenvalue weighted by Gasteiger charge is -2.06. The Morgan fingerprint density at radius 1 is 1.14 bits per heavy atom. The Morgan fingerprint density at radius 2 is 1.96 bits per heavy atom. The number of aromatic amines is 1. The summed E-state index contributed by atoms with van der Waals surface area (Å²) < 4.78 is 0. The Bertz CT molecular complexity index is 1260. The number of fused-ring (bicyclic) bond motifs is 1. The minimum absolute atomic E-state index is 0.248. The summed E-state index contributed by atoms with van der Waals surface area (Å²) in [6.07, 6.45) is 0. The number of amides is 1. The predicted molar refractivity (Wildman–Crippen MR) is 108 cm³/mol. The number of rotatable bonds is 3. The molecular weight excluding hydrogens is 374 g/mol. The van der Waals surface area contributed by atoms with Crippen molar-refractivity contribution in [1.29, 1.82) is 5.26 Å². The van der Waals surface area contributed by atoms with Crippen LogP contribution < -0.4 is 5.32 Å². The molecule has 2 heterocycles. The van der Waals surface area contributed by atoms with Gasteiger partial charge in [0.1, 0.15) is 17.6 Å². The van der Waals surface area contributed by atoms with E-state index in [-0.39, 0.29) is 11.6 Å². The highest BCUT2D eigenvalue weighted by Crippen LogP contribution is 2.28. The largest absolute Gasteiger partial charge is 0.338 e. The van der Waals surface area contributed by atoms with Crippen LogP contribution in [0.15, 0.2) is 54.6 Å². The Kier molecular flexibility index (Phi) is 4.52. The molecule has 6 nitrogen and oxygen atoms in total. The highest BCUT2D eigenvalue weighted by molar-refractivity contribution is 6.33. The van der Waals surface area contributed by atoms with Gasteiger partial charge in [-0.25, -0.2) is 9.97 Å². The molecule has 28 heavy (non-hydrogen) atoms. The van der Waals surface area contributed by atoms with Crippen LogP contribution in [0.1, 0.15) is 21.7 Å². The Morgan fingerprint density at radius 3 is 2.71 bits per heavy atom. The van der Waals surface area contributed by atoms with Crippen molar-refractivity contribution < 1.29 is 4.79 Å². The lowest BCUT2D eigenvalue weighted by Crippen LogP contribution is -2.14. The molecule has 0 spiro atoms. The van der Waals surface area contributed by atoms with Crippen LogP contribution in [0, 0.1) is 18.3 Å². The maximum atomic E-state index is 12.5. The number of hydrogen-bond acceptors (Lipinski definition) is 4. The van der Waals surface area contributed by atoms with E-state index in [0.29, 0.717) is 27.8 Å². The van der Waals surface area contributed by atoms with Crippen LogP contribution >= 0.6 is 11.6 Å². The second kappa shape index (κ2) is 7.14. The number of benzene rings is 2. The molecule has 136 valence electrons. The standard InChI is InChI=1S/C21H14ClN5O/c1-12-13(11-23)6-8-18(24-12)21(28)25-14-7-9-17-19(10-14)27-20(26-17)15-4-2-3-5-16(15)22/h2-10H,1H3,(H,25,28)(H,26,27). The summed E-state index contributed by atoms with van der Waals surface area (Å²) in [5.74, 6) is 0.311. The van der Waals surface area contributed by atoms with Gasteiger partial charge in [0.25, 0.3) is 5.91 Å². The van der Waals surface area contributed by atoms with E-state index in [1.54, 1.807) is 25.1 Å². The molecule has 1 amide bonds. The summed E-state index contributed by atoms with van der Waals surface area (Å²) in [5, 5.41) is 12.4. The van der Waals surface area contributed by atoms with Gasteiger partial charge in [-0.05, 0) is 49.4 Å². The van der Waals surface area contributed by atoms with Gasteiger partial charge in [0.05, 0.1) is 27.3 Å². The van der Waals surface area contributed by atoms with Gasteiger partial charge in [-0.1, -0.05) is 23.7 Å². The number of anilines is 1. The fourth-order valence-corrected chi connectivity index (χ4v) is 3.09. The van der Waals surface area contributed by atoms with Crippen molar-refractivity contribution in [3.63, 3.8) is 0 Å². The normalized spacial score (nSPS) is 10.6. The van der Waals surface area contributed by atoms with Crippen LogP contribution in [0.25, 0.3) is 22.4 Å². The lowest BCUT2D eigenvalue weighted by molar-refractivity contribution is 0.102. The third-order valence-corrected chi connectivity index (χ3v) is 4.64. The molecule has 4 aromatic rings. The average molecular weight is 388 g/mol. The minimum atomic E-state index is -0.349. The second-order valence-electron chi connectivity index (χ2n) is 6.19. The number of carbonyl (C=O) groups excluding carboxylic acids is 1. The van der Waals surface area contributed by atoms with E-state index < -0.39 is 0 Å². The van der Waals surface area contributed by atoms with Gasteiger partial charge in [0.2, 0.25) is 0 Å². The molecule has 2 aromatic heterocycles. The zero-order valence-corrected chi connectivity index (χ0v) is 15.6. The number of halogens is 1. The Labute approximate surface area is 165 Å². The SMILES string of the molecule is Cc1nc(C(=O)Nc2ccc3nc(-c4ccccc4Cl)[nH]c3c2)ccc1C#N. The monoisotopic (exact) mass is 387 g/mol. The predicted octanol–water partition coefficient (Wildman–Crippen LogP) is 4.71. The van der Waals surface area contributed by atoms with E-state index >= 15 is 0 Å². The van der Waals surface area contributed by atoms with Crippen molar-refractivity contribution in [2.75, 3.05) is 5.32 Å². The number of aromatic nitrogens is 3. The first-order valence-electron chi connectivity index (χ1n) is 8.49. The van der Waals surface area contributed by atoms with Crippen molar-refractivity contribution in [2.24, 2.45) is 0 Å². The first-order valence-corrected chi connectivity index (χ1v) is 8.87. The number of imidazole rings is 1.